The predicted molar refractivity (Wildman–Crippen MR) is 83.7 cm³/mol. The molecule has 1 aromatic rings. The molecule has 0 radical (unpaired) electrons. The van der Waals surface area contributed by atoms with Gasteiger partial charge < -0.3 is 16.0 Å². The molecule has 2 saturated heterocycles. The first-order valence-electron chi connectivity index (χ1n) is 7.98. The molecule has 3 rings (SSSR count). The monoisotopic (exact) mass is 287 g/mol. The zero-order valence-corrected chi connectivity index (χ0v) is 12.7. The Bertz CT molecular complexity index is 476. The standard InChI is InChI=1S/C17H25N3O/c1-20-14-8-5-9-15(20)11-13(10-14)19-17(21)16(18)12-6-3-2-4-7-12/h2-4,6-7,13-16H,5,8-11,18H2,1H3,(H,19,21)/t13?,14?,15?,16-/m1/s1. The van der Waals surface area contributed by atoms with Crippen molar-refractivity contribution in [3.05, 3.63) is 35.9 Å². The molecule has 1 amide bonds. The Morgan fingerprint density at radius 1 is 1.24 bits per heavy atom. The lowest BCUT2D eigenvalue weighted by Crippen LogP contribution is -2.56. The predicted octanol–water partition coefficient (Wildman–Crippen LogP) is 1.82. The highest BCUT2D eigenvalue weighted by molar-refractivity contribution is 5.83. The van der Waals surface area contributed by atoms with E-state index in [0.717, 1.165) is 18.4 Å². The summed E-state index contributed by atoms with van der Waals surface area (Å²) in [6.45, 7) is 0. The van der Waals surface area contributed by atoms with E-state index < -0.39 is 6.04 Å². The summed E-state index contributed by atoms with van der Waals surface area (Å²) < 4.78 is 0. The topological polar surface area (TPSA) is 58.4 Å². The van der Waals surface area contributed by atoms with Gasteiger partial charge in [-0.2, -0.15) is 0 Å². The summed E-state index contributed by atoms with van der Waals surface area (Å²) in [7, 11) is 2.22. The number of carbonyl (C=O) groups is 1. The number of amides is 1. The van der Waals surface area contributed by atoms with Crippen molar-refractivity contribution in [2.75, 3.05) is 7.05 Å². The number of fused-ring (bicyclic) bond motifs is 2. The molecule has 0 spiro atoms. The third-order valence-electron chi connectivity index (χ3n) is 5.13. The summed E-state index contributed by atoms with van der Waals surface area (Å²) in [5.41, 5.74) is 6.95. The molecule has 114 valence electrons. The van der Waals surface area contributed by atoms with Gasteiger partial charge in [-0.3, -0.25) is 4.79 Å². The van der Waals surface area contributed by atoms with Crippen molar-refractivity contribution in [3.8, 4) is 0 Å². The number of benzene rings is 1. The highest BCUT2D eigenvalue weighted by atomic mass is 16.2. The molecule has 0 aromatic heterocycles. The van der Waals surface area contributed by atoms with Gasteiger partial charge in [-0.05, 0) is 38.3 Å². The molecule has 4 nitrogen and oxygen atoms in total. The van der Waals surface area contributed by atoms with Crippen molar-refractivity contribution >= 4 is 5.91 Å². The largest absolute Gasteiger partial charge is 0.352 e. The minimum Gasteiger partial charge on any atom is -0.352 e. The van der Waals surface area contributed by atoms with Gasteiger partial charge in [0.15, 0.2) is 0 Å². The van der Waals surface area contributed by atoms with Crippen LogP contribution in [-0.4, -0.2) is 36.0 Å². The third kappa shape index (κ3) is 3.11. The quantitative estimate of drug-likeness (QED) is 0.891. The molecule has 2 aliphatic rings. The van der Waals surface area contributed by atoms with E-state index in [2.05, 4.69) is 17.3 Å². The van der Waals surface area contributed by atoms with Crippen LogP contribution in [0.4, 0.5) is 0 Å². The summed E-state index contributed by atoms with van der Waals surface area (Å²) in [5, 5.41) is 3.18. The number of nitrogens with two attached hydrogens (primary N) is 1. The van der Waals surface area contributed by atoms with E-state index in [1.807, 2.05) is 30.3 Å². The zero-order valence-electron chi connectivity index (χ0n) is 12.7. The first-order chi connectivity index (χ1) is 10.1. The molecule has 3 atom stereocenters. The highest BCUT2D eigenvalue weighted by Gasteiger charge is 2.36. The van der Waals surface area contributed by atoms with Gasteiger partial charge in [0.1, 0.15) is 6.04 Å². The molecule has 21 heavy (non-hydrogen) atoms. The second kappa shape index (κ2) is 6.16. The molecule has 1 aromatic carbocycles. The SMILES string of the molecule is CN1C2CCCC1CC(NC(=O)[C@H](N)c1ccccc1)C2. The summed E-state index contributed by atoms with van der Waals surface area (Å²) in [6.07, 6.45) is 5.94. The molecule has 0 saturated carbocycles. The Morgan fingerprint density at radius 2 is 1.86 bits per heavy atom. The number of nitrogens with zero attached hydrogens (tertiary/aromatic N) is 1. The van der Waals surface area contributed by atoms with Gasteiger partial charge in [0.05, 0.1) is 0 Å². The minimum atomic E-state index is -0.564. The fourth-order valence-electron chi connectivity index (χ4n) is 3.84. The second-order valence-corrected chi connectivity index (χ2v) is 6.47. The van der Waals surface area contributed by atoms with Gasteiger partial charge in [-0.1, -0.05) is 36.8 Å². The number of rotatable bonds is 3. The van der Waals surface area contributed by atoms with Crippen LogP contribution in [0.15, 0.2) is 30.3 Å². The van der Waals surface area contributed by atoms with Crippen molar-refractivity contribution in [2.45, 2.75) is 56.3 Å². The average Bonchev–Trinajstić information content (AvgIpc) is 2.48. The fraction of sp³-hybridized carbons (Fsp3) is 0.588. The van der Waals surface area contributed by atoms with Crippen LogP contribution in [-0.2, 0) is 4.79 Å². The van der Waals surface area contributed by atoms with E-state index in [1.165, 1.54) is 19.3 Å². The minimum absolute atomic E-state index is 0.0474. The maximum Gasteiger partial charge on any atom is 0.241 e. The van der Waals surface area contributed by atoms with E-state index in [1.54, 1.807) is 0 Å². The van der Waals surface area contributed by atoms with Gasteiger partial charge in [-0.25, -0.2) is 0 Å². The normalized spacial score (nSPS) is 30.7. The van der Waals surface area contributed by atoms with Gasteiger partial charge in [0.2, 0.25) is 5.91 Å². The van der Waals surface area contributed by atoms with Crippen LogP contribution < -0.4 is 11.1 Å². The molecular formula is C17H25N3O. The van der Waals surface area contributed by atoms with E-state index in [4.69, 9.17) is 5.73 Å². The van der Waals surface area contributed by atoms with Gasteiger partial charge in [0.25, 0.3) is 0 Å². The average molecular weight is 287 g/mol. The van der Waals surface area contributed by atoms with E-state index in [-0.39, 0.29) is 11.9 Å². The zero-order chi connectivity index (χ0) is 14.8. The van der Waals surface area contributed by atoms with Gasteiger partial charge >= 0.3 is 0 Å². The number of nitrogens with one attached hydrogen (secondary N) is 1. The lowest BCUT2D eigenvalue weighted by molar-refractivity contribution is -0.124. The number of piperidine rings is 2. The van der Waals surface area contributed by atoms with Crippen LogP contribution in [0.5, 0.6) is 0 Å². The van der Waals surface area contributed by atoms with Crippen LogP contribution >= 0.6 is 0 Å². The first kappa shape index (κ1) is 14.5. The molecule has 2 bridgehead atoms. The van der Waals surface area contributed by atoms with Crippen molar-refractivity contribution < 1.29 is 4.79 Å². The van der Waals surface area contributed by atoms with Crippen LogP contribution in [0.2, 0.25) is 0 Å². The molecular weight excluding hydrogens is 262 g/mol. The Labute approximate surface area is 126 Å². The van der Waals surface area contributed by atoms with E-state index >= 15 is 0 Å². The highest BCUT2D eigenvalue weighted by Crippen LogP contribution is 2.32. The molecule has 4 heteroatoms. The van der Waals surface area contributed by atoms with Crippen molar-refractivity contribution in [1.82, 2.24) is 10.2 Å². The van der Waals surface area contributed by atoms with Crippen LogP contribution in [0.1, 0.15) is 43.7 Å². The summed E-state index contributed by atoms with van der Waals surface area (Å²) in [4.78, 5) is 14.9. The smallest absolute Gasteiger partial charge is 0.241 e. The summed E-state index contributed by atoms with van der Waals surface area (Å²) >= 11 is 0. The third-order valence-corrected chi connectivity index (χ3v) is 5.13. The van der Waals surface area contributed by atoms with Crippen LogP contribution in [0, 0.1) is 0 Å². The molecule has 3 N–H and O–H groups in total. The Balaban J connectivity index is 1.60. The Morgan fingerprint density at radius 3 is 2.48 bits per heavy atom. The number of hydrogen-bond acceptors (Lipinski definition) is 3. The Hall–Kier alpha value is -1.39. The molecule has 2 fully saturated rings. The molecule has 2 heterocycles. The maximum absolute atomic E-state index is 12.4. The number of carbonyl (C=O) groups excluding carboxylic acids is 1. The number of hydrogen-bond donors (Lipinski definition) is 2. The fourth-order valence-corrected chi connectivity index (χ4v) is 3.84. The Kier molecular flexibility index (Phi) is 4.27. The van der Waals surface area contributed by atoms with Crippen molar-refractivity contribution in [3.63, 3.8) is 0 Å². The van der Waals surface area contributed by atoms with E-state index in [0.29, 0.717) is 12.1 Å². The lowest BCUT2D eigenvalue weighted by Gasteiger charge is -2.47. The van der Waals surface area contributed by atoms with Gasteiger partial charge in [0, 0.05) is 18.1 Å². The molecule has 2 unspecified atom stereocenters. The van der Waals surface area contributed by atoms with Gasteiger partial charge in [-0.15, -0.1) is 0 Å². The molecule has 2 aliphatic heterocycles. The van der Waals surface area contributed by atoms with Crippen LogP contribution in [0.3, 0.4) is 0 Å². The summed E-state index contributed by atoms with van der Waals surface area (Å²) in [6, 6.07) is 10.6. The molecule has 0 aliphatic carbocycles. The summed E-state index contributed by atoms with van der Waals surface area (Å²) in [5.74, 6) is -0.0474. The van der Waals surface area contributed by atoms with E-state index in [9.17, 15) is 4.79 Å². The van der Waals surface area contributed by atoms with Crippen LogP contribution in [0.25, 0.3) is 0 Å². The maximum atomic E-state index is 12.4. The first-order valence-corrected chi connectivity index (χ1v) is 7.98. The van der Waals surface area contributed by atoms with Crippen molar-refractivity contribution in [2.24, 2.45) is 5.73 Å². The van der Waals surface area contributed by atoms with Crippen molar-refractivity contribution in [1.29, 1.82) is 0 Å². The second-order valence-electron chi connectivity index (χ2n) is 6.47. The lowest BCUT2D eigenvalue weighted by atomic mass is 9.82.